The quantitative estimate of drug-likeness (QED) is 0.796. The van der Waals surface area contributed by atoms with Gasteiger partial charge >= 0.3 is 12.1 Å². The van der Waals surface area contributed by atoms with Gasteiger partial charge in [0.25, 0.3) is 0 Å². The first-order chi connectivity index (χ1) is 7.98. The monoisotopic (exact) mass is 252 g/mol. The molecule has 98 valence electrons. The lowest BCUT2D eigenvalue weighted by atomic mass is 10.2. The highest BCUT2D eigenvalue weighted by Crippen LogP contribution is 2.31. The second kappa shape index (κ2) is 4.81. The number of alkyl halides is 3. The van der Waals surface area contributed by atoms with Crippen LogP contribution in [0.5, 0.6) is 0 Å². The summed E-state index contributed by atoms with van der Waals surface area (Å²) in [4.78, 5) is 12.2. The zero-order valence-electron chi connectivity index (χ0n) is 9.29. The molecule has 2 aliphatic rings. The molecule has 7 heteroatoms. The summed E-state index contributed by atoms with van der Waals surface area (Å²) in [6.45, 7) is 1.70. The summed E-state index contributed by atoms with van der Waals surface area (Å²) in [6, 6.07) is -0.255. The normalized spacial score (nSPS) is 25.7. The van der Waals surface area contributed by atoms with E-state index in [1.54, 1.807) is 0 Å². The van der Waals surface area contributed by atoms with Gasteiger partial charge in [-0.3, -0.25) is 4.79 Å². The summed E-state index contributed by atoms with van der Waals surface area (Å²) in [5, 5.41) is 3.03. The highest BCUT2D eigenvalue weighted by molar-refractivity contribution is 5.82. The summed E-state index contributed by atoms with van der Waals surface area (Å²) >= 11 is 0. The van der Waals surface area contributed by atoms with Crippen LogP contribution in [0.15, 0.2) is 0 Å². The van der Waals surface area contributed by atoms with Gasteiger partial charge in [0.1, 0.15) is 0 Å². The van der Waals surface area contributed by atoms with E-state index in [9.17, 15) is 18.0 Å². The highest BCUT2D eigenvalue weighted by Gasteiger charge is 2.47. The maximum absolute atomic E-state index is 12.4. The zero-order chi connectivity index (χ0) is 12.5. The number of amides is 1. The third-order valence-electron chi connectivity index (χ3n) is 2.90. The number of hydrogen-bond acceptors (Lipinski definition) is 3. The molecule has 1 saturated carbocycles. The van der Waals surface area contributed by atoms with Crippen molar-refractivity contribution in [2.24, 2.45) is 0 Å². The number of nitrogens with zero attached hydrogens (tertiary/aromatic N) is 1. The Hall–Kier alpha value is -0.820. The van der Waals surface area contributed by atoms with Gasteiger partial charge in [-0.2, -0.15) is 13.2 Å². The SMILES string of the molecule is O=C(N(CC1CNCCO1)C1CC1)C(F)(F)F. The van der Waals surface area contributed by atoms with Crippen LogP contribution in [0, 0.1) is 0 Å². The van der Waals surface area contributed by atoms with Crippen LogP contribution in [-0.2, 0) is 9.53 Å². The third kappa shape index (κ3) is 3.32. The number of ether oxygens (including phenoxy) is 1. The molecule has 1 amide bonds. The topological polar surface area (TPSA) is 41.6 Å². The van der Waals surface area contributed by atoms with E-state index < -0.39 is 12.1 Å². The number of rotatable bonds is 3. The molecule has 0 bridgehead atoms. The van der Waals surface area contributed by atoms with Crippen LogP contribution in [0.4, 0.5) is 13.2 Å². The lowest BCUT2D eigenvalue weighted by Crippen LogP contribution is -2.50. The summed E-state index contributed by atoms with van der Waals surface area (Å²) in [7, 11) is 0. The highest BCUT2D eigenvalue weighted by atomic mass is 19.4. The van der Waals surface area contributed by atoms with Crippen LogP contribution in [0.3, 0.4) is 0 Å². The second-order valence-electron chi connectivity index (χ2n) is 4.38. The zero-order valence-corrected chi connectivity index (χ0v) is 9.29. The smallest absolute Gasteiger partial charge is 0.374 e. The standard InChI is InChI=1S/C10H15F3N2O2/c11-10(12,13)9(16)15(7-1-2-7)6-8-5-14-3-4-17-8/h7-8,14H,1-6H2. The largest absolute Gasteiger partial charge is 0.471 e. The van der Waals surface area contributed by atoms with E-state index in [0.717, 1.165) is 4.90 Å². The molecule has 2 rings (SSSR count). The third-order valence-corrected chi connectivity index (χ3v) is 2.90. The Balaban J connectivity index is 1.95. The maximum atomic E-state index is 12.4. The van der Waals surface area contributed by atoms with Crippen LogP contribution in [-0.4, -0.2) is 55.4 Å². The van der Waals surface area contributed by atoms with Crippen molar-refractivity contribution >= 4 is 5.91 Å². The van der Waals surface area contributed by atoms with Gasteiger partial charge in [-0.05, 0) is 12.8 Å². The molecule has 1 aliphatic heterocycles. The number of hydrogen-bond donors (Lipinski definition) is 1. The summed E-state index contributed by atoms with van der Waals surface area (Å²) < 4.78 is 42.5. The molecule has 0 aromatic heterocycles. The Bertz CT molecular complexity index is 286. The van der Waals surface area contributed by atoms with Crippen molar-refractivity contribution in [1.82, 2.24) is 10.2 Å². The molecule has 1 atom stereocenters. The van der Waals surface area contributed by atoms with Gasteiger partial charge in [0.15, 0.2) is 0 Å². The average Bonchev–Trinajstić information content (AvgIpc) is 3.09. The number of halogens is 3. The number of nitrogens with one attached hydrogen (secondary N) is 1. The van der Waals surface area contributed by atoms with E-state index in [-0.39, 0.29) is 18.7 Å². The Morgan fingerprint density at radius 2 is 2.12 bits per heavy atom. The lowest BCUT2D eigenvalue weighted by Gasteiger charge is -2.30. The Morgan fingerprint density at radius 3 is 2.59 bits per heavy atom. The Labute approximate surface area is 97.1 Å². The number of morpholine rings is 1. The van der Waals surface area contributed by atoms with Gasteiger partial charge in [0.05, 0.1) is 12.7 Å². The fraction of sp³-hybridized carbons (Fsp3) is 0.900. The number of carbonyl (C=O) groups is 1. The van der Waals surface area contributed by atoms with Crippen LogP contribution in [0.2, 0.25) is 0 Å². The van der Waals surface area contributed by atoms with Gasteiger partial charge in [0.2, 0.25) is 0 Å². The molecule has 17 heavy (non-hydrogen) atoms. The van der Waals surface area contributed by atoms with Crippen molar-refractivity contribution < 1.29 is 22.7 Å². The molecule has 1 N–H and O–H groups in total. The fourth-order valence-corrected chi connectivity index (χ4v) is 1.90. The van der Waals surface area contributed by atoms with Crippen LogP contribution >= 0.6 is 0 Å². The van der Waals surface area contributed by atoms with Crippen molar-refractivity contribution in [3.8, 4) is 0 Å². The van der Waals surface area contributed by atoms with Gasteiger partial charge in [-0.1, -0.05) is 0 Å². The fourth-order valence-electron chi connectivity index (χ4n) is 1.90. The van der Waals surface area contributed by atoms with E-state index in [1.807, 2.05) is 0 Å². The van der Waals surface area contributed by atoms with Crippen LogP contribution in [0.1, 0.15) is 12.8 Å². The molecule has 0 aromatic carbocycles. The van der Waals surface area contributed by atoms with E-state index in [1.165, 1.54) is 0 Å². The van der Waals surface area contributed by atoms with Crippen molar-refractivity contribution in [1.29, 1.82) is 0 Å². The van der Waals surface area contributed by atoms with Crippen molar-refractivity contribution in [2.45, 2.75) is 31.2 Å². The molecular weight excluding hydrogens is 237 g/mol. The van der Waals surface area contributed by atoms with Crippen LogP contribution in [0.25, 0.3) is 0 Å². The van der Waals surface area contributed by atoms with Crippen molar-refractivity contribution in [2.75, 3.05) is 26.2 Å². The van der Waals surface area contributed by atoms with Gasteiger partial charge < -0.3 is 15.0 Å². The summed E-state index contributed by atoms with van der Waals surface area (Å²) in [5.74, 6) is -1.74. The summed E-state index contributed by atoms with van der Waals surface area (Å²) in [6.07, 6.45) is -3.81. The number of carbonyl (C=O) groups excluding carboxylic acids is 1. The molecule has 4 nitrogen and oxygen atoms in total. The minimum Gasteiger partial charge on any atom is -0.374 e. The molecule has 0 spiro atoms. The lowest BCUT2D eigenvalue weighted by molar-refractivity contribution is -0.187. The molecular formula is C10H15F3N2O2. The predicted molar refractivity (Wildman–Crippen MR) is 53.4 cm³/mol. The van der Waals surface area contributed by atoms with Crippen LogP contribution < -0.4 is 5.32 Å². The van der Waals surface area contributed by atoms with E-state index in [4.69, 9.17) is 4.74 Å². The first-order valence-corrected chi connectivity index (χ1v) is 5.68. The molecule has 1 unspecified atom stereocenters. The minimum absolute atomic E-state index is 0.0238. The Kier molecular flexibility index (Phi) is 3.58. The molecule has 0 aromatic rings. The van der Waals surface area contributed by atoms with Gasteiger partial charge in [-0.15, -0.1) is 0 Å². The molecule has 1 saturated heterocycles. The minimum atomic E-state index is -4.79. The first kappa shape index (κ1) is 12.6. The van der Waals surface area contributed by atoms with Gasteiger partial charge in [0, 0.05) is 25.7 Å². The van der Waals surface area contributed by atoms with Crippen molar-refractivity contribution in [3.05, 3.63) is 0 Å². The van der Waals surface area contributed by atoms with Gasteiger partial charge in [-0.25, -0.2) is 0 Å². The summed E-state index contributed by atoms with van der Waals surface area (Å²) in [5.41, 5.74) is 0. The van der Waals surface area contributed by atoms with E-state index in [2.05, 4.69) is 5.32 Å². The molecule has 0 radical (unpaired) electrons. The molecule has 1 heterocycles. The van der Waals surface area contributed by atoms with E-state index >= 15 is 0 Å². The molecule has 1 aliphatic carbocycles. The van der Waals surface area contributed by atoms with Crippen molar-refractivity contribution in [3.63, 3.8) is 0 Å². The van der Waals surface area contributed by atoms with E-state index in [0.29, 0.717) is 32.5 Å². The maximum Gasteiger partial charge on any atom is 0.471 e. The predicted octanol–water partition coefficient (Wildman–Crippen LogP) is 0.528. The first-order valence-electron chi connectivity index (χ1n) is 5.68. The second-order valence-corrected chi connectivity index (χ2v) is 4.38. The average molecular weight is 252 g/mol. The molecule has 2 fully saturated rings. The Morgan fingerprint density at radius 1 is 1.41 bits per heavy atom.